The minimum Gasteiger partial charge on any atom is -0.496 e. The molecule has 17 heavy (non-hydrogen) atoms. The second kappa shape index (κ2) is 4.63. The van der Waals surface area contributed by atoms with Crippen LogP contribution in [0.25, 0.3) is 0 Å². The Morgan fingerprint density at radius 2 is 1.94 bits per heavy atom. The first-order valence-electron chi connectivity index (χ1n) is 5.50. The fourth-order valence-electron chi connectivity index (χ4n) is 1.84. The Morgan fingerprint density at radius 1 is 1.18 bits per heavy atom. The van der Waals surface area contributed by atoms with E-state index >= 15 is 0 Å². The van der Waals surface area contributed by atoms with Gasteiger partial charge in [0.05, 0.1) is 7.11 Å². The summed E-state index contributed by atoms with van der Waals surface area (Å²) in [5.74, 6) is 2.17. The highest BCUT2D eigenvalue weighted by Gasteiger charge is 2.15. The van der Waals surface area contributed by atoms with Gasteiger partial charge in [-0.2, -0.15) is 0 Å². The van der Waals surface area contributed by atoms with Crippen molar-refractivity contribution in [3.05, 3.63) is 53.0 Å². The van der Waals surface area contributed by atoms with E-state index in [-0.39, 0.29) is 0 Å². The fourth-order valence-corrected chi connectivity index (χ4v) is 1.84. The molecule has 1 aromatic heterocycles. The molecule has 0 fully saturated rings. The van der Waals surface area contributed by atoms with E-state index in [1.165, 1.54) is 0 Å². The monoisotopic (exact) mass is 232 g/mol. The zero-order valence-corrected chi connectivity index (χ0v) is 10.2. The van der Waals surface area contributed by atoms with Crippen LogP contribution in [-0.4, -0.2) is 12.2 Å². The van der Waals surface area contributed by atoms with E-state index in [9.17, 15) is 5.11 Å². The zero-order chi connectivity index (χ0) is 12.4. The average Bonchev–Trinajstić information content (AvgIpc) is 2.75. The Kier molecular flexibility index (Phi) is 3.20. The summed E-state index contributed by atoms with van der Waals surface area (Å²) in [6, 6.07) is 9.23. The Labute approximate surface area is 101 Å². The molecule has 1 heterocycles. The van der Waals surface area contributed by atoms with Crippen LogP contribution in [0.5, 0.6) is 5.75 Å². The van der Waals surface area contributed by atoms with E-state index < -0.39 is 6.10 Å². The van der Waals surface area contributed by atoms with Crippen molar-refractivity contribution in [2.24, 2.45) is 0 Å². The summed E-state index contributed by atoms with van der Waals surface area (Å²) in [4.78, 5) is 0. The van der Waals surface area contributed by atoms with Gasteiger partial charge in [-0.3, -0.25) is 0 Å². The summed E-state index contributed by atoms with van der Waals surface area (Å²) in [6.45, 7) is 3.80. The lowest BCUT2D eigenvalue weighted by atomic mass is 10.0. The zero-order valence-electron chi connectivity index (χ0n) is 10.2. The first-order valence-corrected chi connectivity index (χ1v) is 5.50. The van der Waals surface area contributed by atoms with Gasteiger partial charge in [-0.05, 0) is 49.2 Å². The number of hydrogen-bond acceptors (Lipinski definition) is 3. The molecule has 0 radical (unpaired) electrons. The van der Waals surface area contributed by atoms with Crippen LogP contribution in [0.4, 0.5) is 0 Å². The average molecular weight is 232 g/mol. The van der Waals surface area contributed by atoms with Crippen molar-refractivity contribution in [2.75, 3.05) is 7.11 Å². The molecule has 1 atom stereocenters. The van der Waals surface area contributed by atoms with Gasteiger partial charge in [-0.1, -0.05) is 6.07 Å². The van der Waals surface area contributed by atoms with Crippen LogP contribution in [0.2, 0.25) is 0 Å². The molecule has 1 N–H and O–H groups in total. The van der Waals surface area contributed by atoms with Crippen molar-refractivity contribution in [1.29, 1.82) is 0 Å². The molecule has 0 saturated carbocycles. The summed E-state index contributed by atoms with van der Waals surface area (Å²) in [5, 5.41) is 10.2. The fraction of sp³-hybridized carbons (Fsp3) is 0.286. The van der Waals surface area contributed by atoms with E-state index in [0.717, 1.165) is 22.6 Å². The molecule has 0 amide bonds. The predicted octanol–water partition coefficient (Wildman–Crippen LogP) is 2.99. The molecule has 2 rings (SSSR count). The van der Waals surface area contributed by atoms with Gasteiger partial charge in [-0.25, -0.2) is 0 Å². The Hall–Kier alpha value is -1.74. The third-order valence-electron chi connectivity index (χ3n) is 2.77. The second-order valence-corrected chi connectivity index (χ2v) is 4.08. The second-order valence-electron chi connectivity index (χ2n) is 4.08. The molecule has 0 spiro atoms. The van der Waals surface area contributed by atoms with E-state index in [1.54, 1.807) is 13.2 Å². The summed E-state index contributed by atoms with van der Waals surface area (Å²) in [7, 11) is 1.63. The number of hydrogen-bond donors (Lipinski definition) is 1. The van der Waals surface area contributed by atoms with Crippen LogP contribution < -0.4 is 4.74 Å². The van der Waals surface area contributed by atoms with Crippen LogP contribution in [0.1, 0.15) is 28.8 Å². The number of aliphatic hydroxyl groups excluding tert-OH is 1. The molecule has 90 valence electrons. The van der Waals surface area contributed by atoms with Gasteiger partial charge in [0.15, 0.2) is 0 Å². The highest BCUT2D eigenvalue weighted by molar-refractivity contribution is 5.38. The van der Waals surface area contributed by atoms with Gasteiger partial charge in [0, 0.05) is 0 Å². The third-order valence-corrected chi connectivity index (χ3v) is 2.77. The topological polar surface area (TPSA) is 42.6 Å². The molecule has 0 bridgehead atoms. The van der Waals surface area contributed by atoms with Gasteiger partial charge in [-0.15, -0.1) is 0 Å². The number of rotatable bonds is 3. The SMILES string of the molecule is COc1ccc(C(O)c2ccc(C)o2)cc1C. The van der Waals surface area contributed by atoms with Crippen molar-refractivity contribution < 1.29 is 14.3 Å². The normalized spacial score (nSPS) is 12.5. The first-order chi connectivity index (χ1) is 8.11. The molecule has 3 heteroatoms. The lowest BCUT2D eigenvalue weighted by Gasteiger charge is -2.11. The molecule has 1 unspecified atom stereocenters. The molecular weight excluding hydrogens is 216 g/mol. The molecule has 0 aliphatic heterocycles. The van der Waals surface area contributed by atoms with E-state index in [4.69, 9.17) is 9.15 Å². The molecule has 2 aromatic rings. The lowest BCUT2D eigenvalue weighted by Crippen LogP contribution is -1.99. The van der Waals surface area contributed by atoms with Crippen LogP contribution in [0, 0.1) is 13.8 Å². The summed E-state index contributed by atoms with van der Waals surface area (Å²) in [5.41, 5.74) is 1.80. The molecule has 0 saturated heterocycles. The molecule has 1 aromatic carbocycles. The number of ether oxygens (including phenoxy) is 1. The predicted molar refractivity (Wildman–Crippen MR) is 65.2 cm³/mol. The van der Waals surface area contributed by atoms with Crippen LogP contribution in [-0.2, 0) is 0 Å². The maximum absolute atomic E-state index is 10.2. The van der Waals surface area contributed by atoms with Crippen LogP contribution >= 0.6 is 0 Å². The van der Waals surface area contributed by atoms with Gasteiger partial charge in [0.25, 0.3) is 0 Å². The van der Waals surface area contributed by atoms with E-state index in [0.29, 0.717) is 5.76 Å². The standard InChI is InChI=1S/C14H16O3/c1-9-8-11(5-7-12(9)16-3)14(15)13-6-4-10(2)17-13/h4-8,14-15H,1-3H3. The largest absolute Gasteiger partial charge is 0.496 e. The Morgan fingerprint density at radius 3 is 2.47 bits per heavy atom. The van der Waals surface area contributed by atoms with Crippen molar-refractivity contribution in [3.63, 3.8) is 0 Å². The number of aliphatic hydroxyl groups is 1. The van der Waals surface area contributed by atoms with Crippen LogP contribution in [0.3, 0.4) is 0 Å². The van der Waals surface area contributed by atoms with Crippen LogP contribution in [0.15, 0.2) is 34.7 Å². The maximum Gasteiger partial charge on any atom is 0.137 e. The Balaban J connectivity index is 2.31. The van der Waals surface area contributed by atoms with Gasteiger partial charge in [0.1, 0.15) is 23.4 Å². The first kappa shape index (κ1) is 11.7. The summed E-state index contributed by atoms with van der Waals surface area (Å²) in [6.07, 6.45) is -0.728. The van der Waals surface area contributed by atoms with Gasteiger partial charge < -0.3 is 14.3 Å². The molecule has 3 nitrogen and oxygen atoms in total. The van der Waals surface area contributed by atoms with Gasteiger partial charge >= 0.3 is 0 Å². The Bertz CT molecular complexity index is 514. The third kappa shape index (κ3) is 2.34. The minimum absolute atomic E-state index is 0.562. The summed E-state index contributed by atoms with van der Waals surface area (Å²) >= 11 is 0. The number of methoxy groups -OCH3 is 1. The van der Waals surface area contributed by atoms with E-state index in [1.807, 2.05) is 38.1 Å². The smallest absolute Gasteiger partial charge is 0.137 e. The van der Waals surface area contributed by atoms with Crippen molar-refractivity contribution >= 4 is 0 Å². The highest BCUT2D eigenvalue weighted by Crippen LogP contribution is 2.27. The highest BCUT2D eigenvalue weighted by atomic mass is 16.5. The van der Waals surface area contributed by atoms with Crippen molar-refractivity contribution in [1.82, 2.24) is 0 Å². The quantitative estimate of drug-likeness (QED) is 0.884. The maximum atomic E-state index is 10.2. The van der Waals surface area contributed by atoms with Crippen molar-refractivity contribution in [3.8, 4) is 5.75 Å². The minimum atomic E-state index is -0.728. The van der Waals surface area contributed by atoms with Crippen molar-refractivity contribution in [2.45, 2.75) is 20.0 Å². The molecule has 0 aliphatic rings. The number of furan rings is 1. The molecular formula is C14H16O3. The number of benzene rings is 1. The number of aryl methyl sites for hydroxylation is 2. The molecule has 0 aliphatic carbocycles. The van der Waals surface area contributed by atoms with Gasteiger partial charge in [0.2, 0.25) is 0 Å². The van der Waals surface area contributed by atoms with E-state index in [2.05, 4.69) is 0 Å². The lowest BCUT2D eigenvalue weighted by molar-refractivity contribution is 0.187. The summed E-state index contributed by atoms with van der Waals surface area (Å²) < 4.78 is 10.6.